The Bertz CT molecular complexity index is 663. The number of carbonyl (C=O) groups excluding carboxylic acids is 4. The Hall–Kier alpha value is -2.70. The first-order valence-electron chi connectivity index (χ1n) is 7.32. The molecule has 2 amide bonds. The van der Waals surface area contributed by atoms with Crippen molar-refractivity contribution in [1.29, 1.82) is 0 Å². The van der Waals surface area contributed by atoms with Crippen LogP contribution in [0.5, 0.6) is 0 Å². The summed E-state index contributed by atoms with van der Waals surface area (Å²) in [4.78, 5) is 53.3. The van der Waals surface area contributed by atoms with Crippen molar-refractivity contribution in [2.45, 2.75) is 19.3 Å². The number of hydroxylamine groups is 2. The minimum absolute atomic E-state index is 0.196. The predicted octanol–water partition coefficient (Wildman–Crippen LogP) is 1.33. The summed E-state index contributed by atoms with van der Waals surface area (Å²) in [6.07, 6.45) is 1.66. The van der Waals surface area contributed by atoms with Crippen LogP contribution in [0, 0.1) is 11.8 Å². The molecule has 0 saturated heterocycles. The molecular formula is C16H15NO6. The summed E-state index contributed by atoms with van der Waals surface area (Å²) in [5, 5.41) is 0.472. The van der Waals surface area contributed by atoms with Gasteiger partial charge in [-0.1, -0.05) is 23.6 Å². The van der Waals surface area contributed by atoms with Crippen molar-refractivity contribution in [3.63, 3.8) is 0 Å². The van der Waals surface area contributed by atoms with Gasteiger partial charge in [0, 0.05) is 0 Å². The van der Waals surface area contributed by atoms with E-state index in [-0.39, 0.29) is 11.1 Å². The first kappa shape index (κ1) is 15.2. The van der Waals surface area contributed by atoms with Crippen LogP contribution in [-0.2, 0) is 19.2 Å². The average Bonchev–Trinajstić information content (AvgIpc) is 3.14. The molecule has 1 aliphatic carbocycles. The Balaban J connectivity index is 1.75. The number of carbonyl (C=O) groups is 4. The van der Waals surface area contributed by atoms with E-state index in [0.29, 0.717) is 24.3 Å². The number of hydrogen-bond acceptors (Lipinski definition) is 6. The zero-order chi connectivity index (χ0) is 16.6. The molecule has 1 aromatic rings. The molecule has 120 valence electrons. The molecule has 0 radical (unpaired) electrons. The van der Waals surface area contributed by atoms with Gasteiger partial charge in [-0.15, -0.1) is 0 Å². The Morgan fingerprint density at radius 1 is 1.00 bits per heavy atom. The highest BCUT2D eigenvalue weighted by Gasteiger charge is 2.44. The van der Waals surface area contributed by atoms with Crippen molar-refractivity contribution in [2.75, 3.05) is 7.11 Å². The number of esters is 1. The topological polar surface area (TPSA) is 90.0 Å². The molecule has 1 heterocycles. The van der Waals surface area contributed by atoms with Crippen LogP contribution in [0.2, 0.25) is 0 Å². The second-order valence-electron chi connectivity index (χ2n) is 5.53. The number of rotatable bonds is 3. The van der Waals surface area contributed by atoms with Gasteiger partial charge in [-0.2, -0.15) is 0 Å². The Morgan fingerprint density at radius 3 is 2.04 bits per heavy atom. The van der Waals surface area contributed by atoms with Gasteiger partial charge < -0.3 is 9.57 Å². The van der Waals surface area contributed by atoms with Gasteiger partial charge >= 0.3 is 11.9 Å². The van der Waals surface area contributed by atoms with Gasteiger partial charge in [0.15, 0.2) is 0 Å². The summed E-state index contributed by atoms with van der Waals surface area (Å²) < 4.78 is 4.68. The summed E-state index contributed by atoms with van der Waals surface area (Å²) in [5.74, 6) is -3.88. The Morgan fingerprint density at radius 2 is 1.52 bits per heavy atom. The SMILES string of the molecule is COC(=O)[C@H]1CCC[C@H]1C(=O)ON1C(=O)c2ccccc2C1=O. The van der Waals surface area contributed by atoms with E-state index in [1.54, 1.807) is 12.1 Å². The number of fused-ring (bicyclic) bond motifs is 1. The van der Waals surface area contributed by atoms with Crippen molar-refractivity contribution >= 4 is 23.8 Å². The number of benzene rings is 1. The van der Waals surface area contributed by atoms with Gasteiger partial charge in [0.05, 0.1) is 30.1 Å². The van der Waals surface area contributed by atoms with E-state index >= 15 is 0 Å². The lowest BCUT2D eigenvalue weighted by Crippen LogP contribution is -2.37. The number of amides is 2. The standard InChI is InChI=1S/C16H15NO6/c1-22-15(20)11-7-4-8-12(11)16(21)23-17-13(18)9-5-2-3-6-10(9)14(17)19/h2-3,5-6,11-12H,4,7-8H2,1H3/t11-,12+/m0/s1. The first-order valence-corrected chi connectivity index (χ1v) is 7.32. The fourth-order valence-electron chi connectivity index (χ4n) is 3.08. The molecular weight excluding hydrogens is 302 g/mol. The fourth-order valence-corrected chi connectivity index (χ4v) is 3.08. The van der Waals surface area contributed by atoms with Crippen molar-refractivity contribution in [2.24, 2.45) is 11.8 Å². The van der Waals surface area contributed by atoms with Crippen LogP contribution < -0.4 is 0 Å². The van der Waals surface area contributed by atoms with E-state index in [4.69, 9.17) is 4.84 Å². The minimum Gasteiger partial charge on any atom is -0.469 e. The first-order chi connectivity index (χ1) is 11.0. The van der Waals surface area contributed by atoms with E-state index < -0.39 is 35.6 Å². The third-order valence-electron chi connectivity index (χ3n) is 4.26. The molecule has 3 rings (SSSR count). The maximum atomic E-state index is 12.3. The van der Waals surface area contributed by atoms with E-state index in [2.05, 4.69) is 4.74 Å². The van der Waals surface area contributed by atoms with Gasteiger partial charge in [0.1, 0.15) is 0 Å². The smallest absolute Gasteiger partial charge is 0.337 e. The van der Waals surface area contributed by atoms with Gasteiger partial charge in [-0.05, 0) is 25.0 Å². The molecule has 1 saturated carbocycles. The lowest BCUT2D eigenvalue weighted by Gasteiger charge is -2.19. The maximum Gasteiger partial charge on any atom is 0.337 e. The predicted molar refractivity (Wildman–Crippen MR) is 75.9 cm³/mol. The van der Waals surface area contributed by atoms with Crippen LogP contribution in [-0.4, -0.2) is 35.9 Å². The van der Waals surface area contributed by atoms with E-state index in [0.717, 1.165) is 0 Å². The molecule has 0 bridgehead atoms. The van der Waals surface area contributed by atoms with Crippen LogP contribution in [0.3, 0.4) is 0 Å². The fraction of sp³-hybridized carbons (Fsp3) is 0.375. The zero-order valence-electron chi connectivity index (χ0n) is 12.5. The zero-order valence-corrected chi connectivity index (χ0v) is 12.5. The lowest BCUT2D eigenvalue weighted by atomic mass is 9.96. The average molecular weight is 317 g/mol. The molecule has 2 aliphatic rings. The highest BCUT2D eigenvalue weighted by molar-refractivity contribution is 6.20. The molecule has 0 N–H and O–H groups in total. The molecule has 23 heavy (non-hydrogen) atoms. The minimum atomic E-state index is -0.757. The maximum absolute atomic E-state index is 12.3. The van der Waals surface area contributed by atoms with Gasteiger partial charge in [-0.3, -0.25) is 14.4 Å². The molecule has 0 unspecified atom stereocenters. The van der Waals surface area contributed by atoms with Crippen LogP contribution in [0.15, 0.2) is 24.3 Å². The molecule has 2 atom stereocenters. The second-order valence-corrected chi connectivity index (χ2v) is 5.53. The lowest BCUT2D eigenvalue weighted by molar-refractivity contribution is -0.177. The van der Waals surface area contributed by atoms with Crippen LogP contribution >= 0.6 is 0 Å². The molecule has 1 aliphatic heterocycles. The molecule has 0 aromatic heterocycles. The molecule has 7 nitrogen and oxygen atoms in total. The van der Waals surface area contributed by atoms with Crippen molar-refractivity contribution in [3.05, 3.63) is 35.4 Å². The van der Waals surface area contributed by atoms with Crippen LogP contribution in [0.1, 0.15) is 40.0 Å². The molecule has 0 spiro atoms. The number of hydrogen-bond donors (Lipinski definition) is 0. The monoisotopic (exact) mass is 317 g/mol. The van der Waals surface area contributed by atoms with Crippen molar-refractivity contribution in [1.82, 2.24) is 5.06 Å². The van der Waals surface area contributed by atoms with Crippen LogP contribution in [0.25, 0.3) is 0 Å². The Labute approximate surface area is 132 Å². The number of nitrogens with zero attached hydrogens (tertiary/aromatic N) is 1. The van der Waals surface area contributed by atoms with E-state index in [9.17, 15) is 19.2 Å². The summed E-state index contributed by atoms with van der Waals surface area (Å²) in [7, 11) is 1.26. The van der Waals surface area contributed by atoms with Crippen molar-refractivity contribution < 1.29 is 28.8 Å². The summed E-state index contributed by atoms with van der Waals surface area (Å²) in [6, 6.07) is 6.24. The largest absolute Gasteiger partial charge is 0.469 e. The highest BCUT2D eigenvalue weighted by Crippen LogP contribution is 2.34. The Kier molecular flexibility index (Phi) is 3.85. The third kappa shape index (κ3) is 2.48. The normalized spacial score (nSPS) is 22.9. The summed E-state index contributed by atoms with van der Waals surface area (Å²) in [5.41, 5.74) is 0.391. The molecule has 7 heteroatoms. The highest BCUT2D eigenvalue weighted by atomic mass is 16.7. The van der Waals surface area contributed by atoms with Gasteiger partial charge in [0.25, 0.3) is 11.8 Å². The van der Waals surface area contributed by atoms with Crippen LogP contribution in [0.4, 0.5) is 0 Å². The second kappa shape index (κ2) is 5.83. The summed E-state index contributed by atoms with van der Waals surface area (Å²) in [6.45, 7) is 0. The number of imide groups is 1. The van der Waals surface area contributed by atoms with Gasteiger partial charge in [0.2, 0.25) is 0 Å². The van der Waals surface area contributed by atoms with Crippen molar-refractivity contribution in [3.8, 4) is 0 Å². The van der Waals surface area contributed by atoms with E-state index in [1.807, 2.05) is 0 Å². The number of methoxy groups -OCH3 is 1. The molecule has 1 aromatic carbocycles. The quantitative estimate of drug-likeness (QED) is 0.617. The van der Waals surface area contributed by atoms with Gasteiger partial charge in [-0.25, -0.2) is 4.79 Å². The summed E-state index contributed by atoms with van der Waals surface area (Å²) >= 11 is 0. The van der Waals surface area contributed by atoms with E-state index in [1.165, 1.54) is 19.2 Å². The molecule has 1 fully saturated rings. The third-order valence-corrected chi connectivity index (χ3v) is 4.26. The number of ether oxygens (including phenoxy) is 1.